The topological polar surface area (TPSA) is 76.7 Å². The smallest absolute Gasteiger partial charge is 0.356 e. The van der Waals surface area contributed by atoms with Gasteiger partial charge in [0.1, 0.15) is 11.4 Å². The molecule has 2 aromatic carbocycles. The van der Waals surface area contributed by atoms with E-state index < -0.39 is 11.9 Å². The van der Waals surface area contributed by atoms with Crippen LogP contribution in [0.15, 0.2) is 66.5 Å². The van der Waals surface area contributed by atoms with E-state index in [2.05, 4.69) is 10.6 Å². The number of ether oxygens (including phenoxy) is 2. The van der Waals surface area contributed by atoms with E-state index in [4.69, 9.17) is 9.47 Å². The lowest BCUT2D eigenvalue weighted by molar-refractivity contribution is -0.136. The number of anilines is 1. The van der Waals surface area contributed by atoms with Crippen LogP contribution in [0, 0.1) is 0 Å². The normalized spacial score (nSPS) is 10.7. The second kappa shape index (κ2) is 8.38. The first-order valence-electron chi connectivity index (χ1n) is 7.19. The SMILES string of the molecule is COC(=O)C(=CNc1ccc(OC)cc1)NC(=O)c1ccccc1. The number of carbonyl (C=O) groups is 2. The van der Waals surface area contributed by atoms with Gasteiger partial charge in [-0.15, -0.1) is 0 Å². The van der Waals surface area contributed by atoms with Crippen molar-refractivity contribution in [2.24, 2.45) is 0 Å². The standard InChI is InChI=1S/C18H18N2O4/c1-23-15-10-8-14(9-11-15)19-12-16(18(22)24-2)20-17(21)13-6-4-3-5-7-13/h3-12,19H,1-2H3,(H,20,21). The highest BCUT2D eigenvalue weighted by Crippen LogP contribution is 2.15. The van der Waals surface area contributed by atoms with Crippen LogP contribution in [0.25, 0.3) is 0 Å². The van der Waals surface area contributed by atoms with Gasteiger partial charge in [0.05, 0.1) is 14.2 Å². The first kappa shape index (κ1) is 17.1. The molecule has 0 atom stereocenters. The van der Waals surface area contributed by atoms with Crippen LogP contribution in [0.3, 0.4) is 0 Å². The maximum atomic E-state index is 12.2. The minimum atomic E-state index is -0.653. The zero-order valence-electron chi connectivity index (χ0n) is 13.4. The Morgan fingerprint density at radius 2 is 1.62 bits per heavy atom. The van der Waals surface area contributed by atoms with Gasteiger partial charge < -0.3 is 20.1 Å². The highest BCUT2D eigenvalue weighted by Gasteiger charge is 2.14. The van der Waals surface area contributed by atoms with E-state index in [-0.39, 0.29) is 5.70 Å². The Kier molecular flexibility index (Phi) is 5.96. The van der Waals surface area contributed by atoms with Gasteiger partial charge in [0.25, 0.3) is 5.91 Å². The molecule has 0 bridgehead atoms. The van der Waals surface area contributed by atoms with Gasteiger partial charge in [0, 0.05) is 17.5 Å². The van der Waals surface area contributed by atoms with Gasteiger partial charge in [-0.05, 0) is 36.4 Å². The van der Waals surface area contributed by atoms with Gasteiger partial charge in [-0.1, -0.05) is 18.2 Å². The fourth-order valence-corrected chi connectivity index (χ4v) is 1.88. The van der Waals surface area contributed by atoms with Crippen LogP contribution in [0.5, 0.6) is 5.75 Å². The van der Waals surface area contributed by atoms with Crippen LogP contribution < -0.4 is 15.4 Å². The van der Waals surface area contributed by atoms with E-state index in [1.54, 1.807) is 61.7 Å². The summed E-state index contributed by atoms with van der Waals surface area (Å²) in [6, 6.07) is 15.7. The molecule has 2 rings (SSSR count). The number of nitrogens with one attached hydrogen (secondary N) is 2. The van der Waals surface area contributed by atoms with Crippen molar-refractivity contribution < 1.29 is 19.1 Å². The fourth-order valence-electron chi connectivity index (χ4n) is 1.88. The molecule has 2 N–H and O–H groups in total. The van der Waals surface area contributed by atoms with Crippen molar-refractivity contribution in [3.63, 3.8) is 0 Å². The van der Waals surface area contributed by atoms with E-state index in [0.717, 1.165) is 11.4 Å². The van der Waals surface area contributed by atoms with Crippen molar-refractivity contribution in [3.05, 3.63) is 72.1 Å². The third kappa shape index (κ3) is 4.61. The van der Waals surface area contributed by atoms with Gasteiger partial charge in [-0.25, -0.2) is 4.79 Å². The molecule has 24 heavy (non-hydrogen) atoms. The second-order valence-electron chi connectivity index (χ2n) is 4.74. The maximum Gasteiger partial charge on any atom is 0.356 e. The lowest BCUT2D eigenvalue weighted by atomic mass is 10.2. The van der Waals surface area contributed by atoms with Crippen LogP contribution in [-0.2, 0) is 9.53 Å². The minimum Gasteiger partial charge on any atom is -0.497 e. The Morgan fingerprint density at radius 1 is 0.958 bits per heavy atom. The second-order valence-corrected chi connectivity index (χ2v) is 4.74. The van der Waals surface area contributed by atoms with Crippen LogP contribution in [0.4, 0.5) is 5.69 Å². The van der Waals surface area contributed by atoms with Gasteiger partial charge in [-0.2, -0.15) is 0 Å². The van der Waals surface area contributed by atoms with E-state index in [9.17, 15) is 9.59 Å². The van der Waals surface area contributed by atoms with Crippen LogP contribution in [-0.4, -0.2) is 26.1 Å². The van der Waals surface area contributed by atoms with Crippen molar-refractivity contribution in [2.75, 3.05) is 19.5 Å². The van der Waals surface area contributed by atoms with Gasteiger partial charge >= 0.3 is 5.97 Å². The molecule has 0 aromatic heterocycles. The molecule has 124 valence electrons. The number of rotatable bonds is 6. The first-order valence-corrected chi connectivity index (χ1v) is 7.19. The lowest BCUT2D eigenvalue weighted by Crippen LogP contribution is -2.28. The summed E-state index contributed by atoms with van der Waals surface area (Å²) in [5, 5.41) is 5.47. The number of hydrogen-bond donors (Lipinski definition) is 2. The summed E-state index contributed by atoms with van der Waals surface area (Å²) in [5.41, 5.74) is 1.17. The molecular weight excluding hydrogens is 308 g/mol. The predicted octanol–water partition coefficient (Wildman–Crippen LogP) is 2.55. The Hall–Kier alpha value is -3.28. The predicted molar refractivity (Wildman–Crippen MR) is 90.6 cm³/mol. The lowest BCUT2D eigenvalue weighted by Gasteiger charge is -2.09. The molecule has 0 heterocycles. The van der Waals surface area contributed by atoms with E-state index in [1.165, 1.54) is 13.3 Å². The maximum absolute atomic E-state index is 12.2. The largest absolute Gasteiger partial charge is 0.497 e. The van der Waals surface area contributed by atoms with E-state index in [1.807, 2.05) is 0 Å². The molecule has 0 saturated heterocycles. The number of carbonyl (C=O) groups excluding carboxylic acids is 2. The van der Waals surface area contributed by atoms with Crippen LogP contribution >= 0.6 is 0 Å². The van der Waals surface area contributed by atoms with Crippen LogP contribution in [0.1, 0.15) is 10.4 Å². The molecule has 0 spiro atoms. The molecule has 0 aliphatic heterocycles. The average Bonchev–Trinajstić information content (AvgIpc) is 2.65. The zero-order chi connectivity index (χ0) is 17.4. The zero-order valence-corrected chi connectivity index (χ0v) is 13.4. The number of methoxy groups -OCH3 is 2. The molecule has 0 aliphatic rings. The summed E-state index contributed by atoms with van der Waals surface area (Å²) in [4.78, 5) is 24.0. The minimum absolute atomic E-state index is 0.00201. The highest BCUT2D eigenvalue weighted by atomic mass is 16.5. The van der Waals surface area contributed by atoms with E-state index >= 15 is 0 Å². The number of esters is 1. The number of benzene rings is 2. The molecule has 0 unspecified atom stereocenters. The molecule has 0 fully saturated rings. The Bertz CT molecular complexity index is 724. The molecule has 1 amide bonds. The number of amides is 1. The Balaban J connectivity index is 2.12. The average molecular weight is 326 g/mol. The summed E-state index contributed by atoms with van der Waals surface area (Å²) < 4.78 is 9.77. The summed E-state index contributed by atoms with van der Waals surface area (Å²) in [7, 11) is 2.83. The van der Waals surface area contributed by atoms with Crippen LogP contribution in [0.2, 0.25) is 0 Å². The molecular formula is C18H18N2O4. The molecule has 6 heteroatoms. The first-order chi connectivity index (χ1) is 11.6. The summed E-state index contributed by atoms with van der Waals surface area (Å²) in [6.45, 7) is 0. The summed E-state index contributed by atoms with van der Waals surface area (Å²) >= 11 is 0. The Labute approximate surface area is 140 Å². The van der Waals surface area contributed by atoms with Crippen molar-refractivity contribution in [1.29, 1.82) is 0 Å². The third-order valence-corrected chi connectivity index (χ3v) is 3.16. The third-order valence-electron chi connectivity index (χ3n) is 3.16. The van der Waals surface area contributed by atoms with Gasteiger partial charge in [0.2, 0.25) is 0 Å². The Morgan fingerprint density at radius 3 is 2.21 bits per heavy atom. The quantitative estimate of drug-likeness (QED) is 0.630. The summed E-state index contributed by atoms with van der Waals surface area (Å²) in [6.07, 6.45) is 1.38. The fraction of sp³-hybridized carbons (Fsp3) is 0.111. The van der Waals surface area contributed by atoms with Crippen molar-refractivity contribution in [2.45, 2.75) is 0 Å². The van der Waals surface area contributed by atoms with Crippen molar-refractivity contribution >= 4 is 17.6 Å². The monoisotopic (exact) mass is 326 g/mol. The van der Waals surface area contributed by atoms with Gasteiger partial charge in [0.15, 0.2) is 0 Å². The molecule has 0 radical (unpaired) electrons. The molecule has 6 nitrogen and oxygen atoms in total. The number of hydrogen-bond acceptors (Lipinski definition) is 5. The molecule has 2 aromatic rings. The highest BCUT2D eigenvalue weighted by molar-refractivity contribution is 6.01. The molecule has 0 saturated carbocycles. The van der Waals surface area contributed by atoms with Gasteiger partial charge in [-0.3, -0.25) is 4.79 Å². The summed E-state index contributed by atoms with van der Waals surface area (Å²) in [5.74, 6) is -0.334. The molecule has 0 aliphatic carbocycles. The van der Waals surface area contributed by atoms with Crippen molar-refractivity contribution in [1.82, 2.24) is 5.32 Å². The van der Waals surface area contributed by atoms with Crippen molar-refractivity contribution in [3.8, 4) is 5.75 Å². The van der Waals surface area contributed by atoms with E-state index in [0.29, 0.717) is 5.56 Å².